The second kappa shape index (κ2) is 8.72. The third kappa shape index (κ3) is 5.43. The molecule has 0 unspecified atom stereocenters. The summed E-state index contributed by atoms with van der Waals surface area (Å²) >= 11 is 0. The number of carbonyl (C=O) groups excluding carboxylic acids is 2. The van der Waals surface area contributed by atoms with Gasteiger partial charge in [0.2, 0.25) is 0 Å². The van der Waals surface area contributed by atoms with Gasteiger partial charge in [0.05, 0.1) is 5.56 Å². The average Bonchev–Trinajstić information content (AvgIpc) is 2.59. The van der Waals surface area contributed by atoms with Crippen LogP contribution in [0.4, 0.5) is 11.4 Å². The first-order chi connectivity index (χ1) is 11.6. The number of nitrogens with one attached hydrogen (secondary N) is 1. The second-order valence-electron chi connectivity index (χ2n) is 5.55. The summed E-state index contributed by atoms with van der Waals surface area (Å²) in [5.41, 5.74) is 8.40. The molecule has 2 aromatic carbocycles. The third-order valence-corrected chi connectivity index (χ3v) is 3.54. The van der Waals surface area contributed by atoms with E-state index in [1.807, 2.05) is 24.3 Å². The number of esters is 1. The zero-order chi connectivity index (χ0) is 17.4. The fraction of sp³-hybridized carbons (Fsp3) is 0.263. The summed E-state index contributed by atoms with van der Waals surface area (Å²) in [4.78, 5) is 23.7. The molecule has 0 saturated heterocycles. The van der Waals surface area contributed by atoms with Crippen LogP contribution in [-0.4, -0.2) is 18.5 Å². The molecule has 5 heteroatoms. The molecule has 0 spiro atoms. The number of amides is 1. The molecule has 2 rings (SSSR count). The SMILES string of the molecule is CCCCc1ccc(NC(=O)COC(=O)c2ccc(N)cc2)cc1. The fourth-order valence-corrected chi connectivity index (χ4v) is 2.17. The molecule has 0 heterocycles. The van der Waals surface area contributed by atoms with Crippen molar-refractivity contribution in [2.75, 3.05) is 17.7 Å². The number of anilines is 2. The molecule has 0 fully saturated rings. The molecule has 0 aliphatic carbocycles. The Morgan fingerprint density at radius 1 is 1.04 bits per heavy atom. The quantitative estimate of drug-likeness (QED) is 0.603. The molecule has 2 aromatic rings. The van der Waals surface area contributed by atoms with Gasteiger partial charge in [-0.3, -0.25) is 4.79 Å². The molecule has 0 saturated carbocycles. The van der Waals surface area contributed by atoms with E-state index < -0.39 is 5.97 Å². The number of carbonyl (C=O) groups is 2. The maximum absolute atomic E-state index is 11.9. The molecule has 0 aliphatic heterocycles. The van der Waals surface area contributed by atoms with Gasteiger partial charge in [0.1, 0.15) is 0 Å². The molecule has 24 heavy (non-hydrogen) atoms. The molecule has 1 amide bonds. The number of nitrogens with two attached hydrogens (primary N) is 1. The van der Waals surface area contributed by atoms with E-state index in [4.69, 9.17) is 10.5 Å². The number of nitrogen functional groups attached to an aromatic ring is 1. The summed E-state index contributed by atoms with van der Waals surface area (Å²) in [5, 5.41) is 2.71. The molecule has 0 radical (unpaired) electrons. The lowest BCUT2D eigenvalue weighted by Gasteiger charge is -2.08. The van der Waals surface area contributed by atoms with Crippen LogP contribution in [-0.2, 0) is 16.0 Å². The number of hydrogen-bond acceptors (Lipinski definition) is 4. The van der Waals surface area contributed by atoms with Gasteiger partial charge in [-0.2, -0.15) is 0 Å². The van der Waals surface area contributed by atoms with Gasteiger partial charge in [0.25, 0.3) is 5.91 Å². The Labute approximate surface area is 141 Å². The maximum Gasteiger partial charge on any atom is 0.338 e. The van der Waals surface area contributed by atoms with Gasteiger partial charge in [-0.1, -0.05) is 25.5 Å². The van der Waals surface area contributed by atoms with E-state index >= 15 is 0 Å². The van der Waals surface area contributed by atoms with Gasteiger partial charge in [-0.15, -0.1) is 0 Å². The molecule has 5 nitrogen and oxygen atoms in total. The van der Waals surface area contributed by atoms with Gasteiger partial charge in [-0.05, 0) is 54.8 Å². The number of rotatable bonds is 7. The van der Waals surface area contributed by atoms with Gasteiger partial charge < -0.3 is 15.8 Å². The maximum atomic E-state index is 11.9. The number of aryl methyl sites for hydroxylation is 1. The Morgan fingerprint density at radius 3 is 2.33 bits per heavy atom. The van der Waals surface area contributed by atoms with Gasteiger partial charge in [0, 0.05) is 11.4 Å². The minimum Gasteiger partial charge on any atom is -0.452 e. The van der Waals surface area contributed by atoms with Crippen molar-refractivity contribution in [2.45, 2.75) is 26.2 Å². The predicted molar refractivity (Wildman–Crippen MR) is 94.8 cm³/mol. The van der Waals surface area contributed by atoms with Gasteiger partial charge in [0.15, 0.2) is 6.61 Å². The highest BCUT2D eigenvalue weighted by Crippen LogP contribution is 2.12. The molecular weight excluding hydrogens is 304 g/mol. The monoisotopic (exact) mass is 326 g/mol. The fourth-order valence-electron chi connectivity index (χ4n) is 2.17. The molecule has 0 aromatic heterocycles. The van der Waals surface area contributed by atoms with E-state index in [1.165, 1.54) is 5.56 Å². The van der Waals surface area contributed by atoms with Crippen molar-refractivity contribution >= 4 is 23.3 Å². The second-order valence-corrected chi connectivity index (χ2v) is 5.55. The minimum absolute atomic E-state index is 0.333. The summed E-state index contributed by atoms with van der Waals surface area (Å²) in [6, 6.07) is 14.0. The van der Waals surface area contributed by atoms with Crippen molar-refractivity contribution in [2.24, 2.45) is 0 Å². The average molecular weight is 326 g/mol. The number of hydrogen-bond donors (Lipinski definition) is 2. The third-order valence-electron chi connectivity index (χ3n) is 3.54. The zero-order valence-electron chi connectivity index (χ0n) is 13.7. The van der Waals surface area contributed by atoms with Crippen LogP contribution in [0.5, 0.6) is 0 Å². The van der Waals surface area contributed by atoms with Crippen LogP contribution in [0, 0.1) is 0 Å². The van der Waals surface area contributed by atoms with Crippen LogP contribution in [0.3, 0.4) is 0 Å². The molecular formula is C19H22N2O3. The lowest BCUT2D eigenvalue weighted by atomic mass is 10.1. The number of ether oxygens (including phenoxy) is 1. The van der Waals surface area contributed by atoms with Crippen LogP contribution in [0.1, 0.15) is 35.7 Å². The lowest BCUT2D eigenvalue weighted by Crippen LogP contribution is -2.20. The van der Waals surface area contributed by atoms with Crippen LogP contribution in [0.15, 0.2) is 48.5 Å². The largest absolute Gasteiger partial charge is 0.452 e. The summed E-state index contributed by atoms with van der Waals surface area (Å²) < 4.78 is 4.99. The van der Waals surface area contributed by atoms with Crippen molar-refractivity contribution < 1.29 is 14.3 Å². The molecule has 0 bridgehead atoms. The highest BCUT2D eigenvalue weighted by Gasteiger charge is 2.10. The lowest BCUT2D eigenvalue weighted by molar-refractivity contribution is -0.119. The van der Waals surface area contributed by atoms with E-state index in [0.717, 1.165) is 19.3 Å². The first kappa shape index (κ1) is 17.5. The Morgan fingerprint density at radius 2 is 1.71 bits per heavy atom. The first-order valence-electron chi connectivity index (χ1n) is 8.00. The van der Waals surface area contributed by atoms with Crippen LogP contribution < -0.4 is 11.1 Å². The van der Waals surface area contributed by atoms with Crippen molar-refractivity contribution in [3.8, 4) is 0 Å². The molecule has 0 atom stereocenters. The van der Waals surface area contributed by atoms with Gasteiger partial charge in [-0.25, -0.2) is 4.79 Å². The van der Waals surface area contributed by atoms with Crippen molar-refractivity contribution in [3.63, 3.8) is 0 Å². The van der Waals surface area contributed by atoms with Crippen molar-refractivity contribution in [1.29, 1.82) is 0 Å². The molecule has 3 N–H and O–H groups in total. The Hall–Kier alpha value is -2.82. The number of unbranched alkanes of at least 4 members (excludes halogenated alkanes) is 1. The van der Waals surface area contributed by atoms with E-state index in [-0.39, 0.29) is 12.5 Å². The van der Waals surface area contributed by atoms with Gasteiger partial charge >= 0.3 is 5.97 Å². The van der Waals surface area contributed by atoms with Crippen molar-refractivity contribution in [3.05, 3.63) is 59.7 Å². The summed E-state index contributed by atoms with van der Waals surface area (Å²) in [7, 11) is 0. The highest BCUT2D eigenvalue weighted by atomic mass is 16.5. The minimum atomic E-state index is -0.555. The smallest absolute Gasteiger partial charge is 0.338 e. The number of benzene rings is 2. The van der Waals surface area contributed by atoms with Crippen LogP contribution in [0.25, 0.3) is 0 Å². The summed E-state index contributed by atoms with van der Waals surface area (Å²) in [5.74, 6) is -0.930. The van der Waals surface area contributed by atoms with Crippen LogP contribution >= 0.6 is 0 Å². The van der Waals surface area contributed by atoms with Crippen molar-refractivity contribution in [1.82, 2.24) is 0 Å². The molecule has 126 valence electrons. The van der Waals surface area contributed by atoms with E-state index in [0.29, 0.717) is 16.9 Å². The Kier molecular flexibility index (Phi) is 6.37. The predicted octanol–water partition coefficient (Wildman–Crippen LogP) is 3.41. The Balaban J connectivity index is 1.80. The summed E-state index contributed by atoms with van der Waals surface area (Å²) in [6.07, 6.45) is 3.33. The van der Waals surface area contributed by atoms with E-state index in [2.05, 4.69) is 12.2 Å². The van der Waals surface area contributed by atoms with E-state index in [9.17, 15) is 9.59 Å². The Bertz CT molecular complexity index is 679. The normalized spacial score (nSPS) is 10.2. The zero-order valence-corrected chi connectivity index (χ0v) is 13.7. The van der Waals surface area contributed by atoms with Crippen LogP contribution in [0.2, 0.25) is 0 Å². The standard InChI is InChI=1S/C19H22N2O3/c1-2-3-4-14-5-11-17(12-6-14)21-18(22)13-24-19(23)15-7-9-16(20)10-8-15/h5-12H,2-4,13,20H2,1H3,(H,21,22). The molecule has 0 aliphatic rings. The first-order valence-corrected chi connectivity index (χ1v) is 8.00. The summed E-state index contributed by atoms with van der Waals surface area (Å²) in [6.45, 7) is 1.82. The topological polar surface area (TPSA) is 81.4 Å². The highest BCUT2D eigenvalue weighted by molar-refractivity contribution is 5.95. The van der Waals surface area contributed by atoms with E-state index in [1.54, 1.807) is 24.3 Å².